The van der Waals surface area contributed by atoms with Crippen molar-refractivity contribution >= 4 is 23.4 Å². The third kappa shape index (κ3) is 3.92. The highest BCUT2D eigenvalue weighted by atomic mass is 35.5. The maximum Gasteiger partial charge on any atom is 0.311 e. The molecule has 0 heterocycles. The molecule has 0 bridgehead atoms. The summed E-state index contributed by atoms with van der Waals surface area (Å²) in [6.45, 7) is 1.89. The van der Waals surface area contributed by atoms with Crippen molar-refractivity contribution in [3.8, 4) is 0 Å². The lowest BCUT2D eigenvalue weighted by atomic mass is 9.91. The number of hydrogen-bond donors (Lipinski definition) is 1. The lowest BCUT2D eigenvalue weighted by Gasteiger charge is -2.12. The van der Waals surface area contributed by atoms with Crippen molar-refractivity contribution in [2.75, 3.05) is 0 Å². The van der Waals surface area contributed by atoms with Crippen molar-refractivity contribution in [1.82, 2.24) is 0 Å². The van der Waals surface area contributed by atoms with E-state index in [4.69, 9.17) is 11.6 Å². The van der Waals surface area contributed by atoms with Gasteiger partial charge in [0.25, 0.3) is 0 Å². The van der Waals surface area contributed by atoms with E-state index in [1.54, 1.807) is 42.5 Å². The molecule has 21 heavy (non-hydrogen) atoms. The molecule has 0 aliphatic carbocycles. The van der Waals surface area contributed by atoms with Gasteiger partial charge in [0, 0.05) is 17.0 Å². The zero-order chi connectivity index (χ0) is 15.4. The fourth-order valence-corrected chi connectivity index (χ4v) is 2.29. The van der Waals surface area contributed by atoms with Crippen LogP contribution in [0.4, 0.5) is 0 Å². The molecule has 1 atom stereocenters. The van der Waals surface area contributed by atoms with E-state index in [2.05, 4.69) is 0 Å². The van der Waals surface area contributed by atoms with Gasteiger partial charge in [-0.25, -0.2) is 0 Å². The number of halogens is 1. The molecule has 108 valence electrons. The summed E-state index contributed by atoms with van der Waals surface area (Å²) in [5.74, 6) is -2.06. The maximum atomic E-state index is 12.3. The van der Waals surface area contributed by atoms with Gasteiger partial charge in [0.15, 0.2) is 5.78 Å². The predicted molar refractivity (Wildman–Crippen MR) is 82.0 cm³/mol. The molecule has 0 fully saturated rings. The van der Waals surface area contributed by atoms with Crippen LogP contribution < -0.4 is 0 Å². The van der Waals surface area contributed by atoms with Crippen LogP contribution in [-0.4, -0.2) is 16.9 Å². The first-order valence-corrected chi connectivity index (χ1v) is 6.93. The summed E-state index contributed by atoms with van der Waals surface area (Å²) in [5.41, 5.74) is 2.09. The second-order valence-electron chi connectivity index (χ2n) is 4.94. The minimum absolute atomic E-state index is 0.0690. The topological polar surface area (TPSA) is 54.4 Å². The van der Waals surface area contributed by atoms with Gasteiger partial charge in [0.05, 0.1) is 5.92 Å². The van der Waals surface area contributed by atoms with Gasteiger partial charge < -0.3 is 5.11 Å². The fraction of sp³-hybridized carbons (Fsp3) is 0.176. The number of benzene rings is 2. The Labute approximate surface area is 128 Å². The number of ketones is 1. The fourth-order valence-electron chi connectivity index (χ4n) is 2.16. The first kappa shape index (κ1) is 15.3. The second-order valence-corrected chi connectivity index (χ2v) is 5.38. The smallest absolute Gasteiger partial charge is 0.311 e. The number of Topliss-reactive ketones (excluding diaryl/α,β-unsaturated/α-hetero) is 1. The molecule has 0 aliphatic heterocycles. The Morgan fingerprint density at radius 3 is 2.38 bits per heavy atom. The van der Waals surface area contributed by atoms with Crippen LogP contribution in [0.5, 0.6) is 0 Å². The third-order valence-electron chi connectivity index (χ3n) is 3.30. The van der Waals surface area contributed by atoms with Crippen LogP contribution in [0.25, 0.3) is 0 Å². The summed E-state index contributed by atoms with van der Waals surface area (Å²) in [7, 11) is 0. The summed E-state index contributed by atoms with van der Waals surface area (Å²) in [6, 6.07) is 13.7. The van der Waals surface area contributed by atoms with Crippen LogP contribution in [0.2, 0.25) is 5.02 Å². The Kier molecular flexibility index (Phi) is 4.76. The highest BCUT2D eigenvalue weighted by Gasteiger charge is 2.23. The molecule has 4 heteroatoms. The molecular weight excluding hydrogens is 288 g/mol. The van der Waals surface area contributed by atoms with E-state index in [0.29, 0.717) is 16.1 Å². The molecule has 0 amide bonds. The van der Waals surface area contributed by atoms with Gasteiger partial charge in [0.2, 0.25) is 0 Å². The van der Waals surface area contributed by atoms with Crippen LogP contribution in [0.15, 0.2) is 48.5 Å². The van der Waals surface area contributed by atoms with Crippen molar-refractivity contribution in [3.05, 3.63) is 70.2 Å². The van der Waals surface area contributed by atoms with Crippen molar-refractivity contribution < 1.29 is 14.7 Å². The first-order valence-electron chi connectivity index (χ1n) is 6.55. The van der Waals surface area contributed by atoms with Crippen LogP contribution >= 0.6 is 11.6 Å². The van der Waals surface area contributed by atoms with Gasteiger partial charge in [-0.1, -0.05) is 47.5 Å². The standard InChI is InChI=1S/C17H15ClO3/c1-11-3-2-4-13(9-11)16(19)10-15(17(20)21)12-5-7-14(18)8-6-12/h2-9,15H,10H2,1H3,(H,20,21). The summed E-state index contributed by atoms with van der Waals surface area (Å²) >= 11 is 5.80. The Balaban J connectivity index is 2.22. The minimum atomic E-state index is -1.02. The zero-order valence-electron chi connectivity index (χ0n) is 11.5. The first-order chi connectivity index (χ1) is 9.97. The molecule has 1 unspecified atom stereocenters. The van der Waals surface area contributed by atoms with Gasteiger partial charge in [-0.15, -0.1) is 0 Å². The number of hydrogen-bond acceptors (Lipinski definition) is 2. The molecule has 0 radical (unpaired) electrons. The van der Waals surface area contributed by atoms with Crippen molar-refractivity contribution in [3.63, 3.8) is 0 Å². The lowest BCUT2D eigenvalue weighted by Crippen LogP contribution is -2.16. The SMILES string of the molecule is Cc1cccc(C(=O)CC(C(=O)O)c2ccc(Cl)cc2)c1. The number of aryl methyl sites for hydroxylation is 1. The van der Waals surface area contributed by atoms with Gasteiger partial charge in [0.1, 0.15) is 0 Å². The van der Waals surface area contributed by atoms with Crippen LogP contribution in [0.3, 0.4) is 0 Å². The summed E-state index contributed by atoms with van der Waals surface area (Å²) < 4.78 is 0. The van der Waals surface area contributed by atoms with E-state index in [1.807, 2.05) is 13.0 Å². The predicted octanol–water partition coefficient (Wildman–Crippen LogP) is 4.09. The zero-order valence-corrected chi connectivity index (χ0v) is 12.3. The molecule has 0 saturated heterocycles. The monoisotopic (exact) mass is 302 g/mol. The van der Waals surface area contributed by atoms with Crippen LogP contribution in [-0.2, 0) is 4.79 Å². The van der Waals surface area contributed by atoms with Gasteiger partial charge in [-0.3, -0.25) is 9.59 Å². The van der Waals surface area contributed by atoms with Crippen LogP contribution in [0.1, 0.15) is 33.8 Å². The second kappa shape index (κ2) is 6.55. The number of carbonyl (C=O) groups is 2. The third-order valence-corrected chi connectivity index (χ3v) is 3.55. The number of carbonyl (C=O) groups excluding carboxylic acids is 1. The maximum absolute atomic E-state index is 12.3. The Morgan fingerprint density at radius 2 is 1.81 bits per heavy atom. The molecule has 0 aliphatic rings. The Morgan fingerprint density at radius 1 is 1.14 bits per heavy atom. The van der Waals surface area contributed by atoms with E-state index in [-0.39, 0.29) is 12.2 Å². The Bertz CT molecular complexity index is 662. The molecule has 1 N–H and O–H groups in total. The van der Waals surface area contributed by atoms with Crippen LogP contribution in [0, 0.1) is 6.92 Å². The van der Waals surface area contributed by atoms with E-state index < -0.39 is 11.9 Å². The highest BCUT2D eigenvalue weighted by molar-refractivity contribution is 6.30. The lowest BCUT2D eigenvalue weighted by molar-refractivity contribution is -0.138. The largest absolute Gasteiger partial charge is 0.481 e. The summed E-state index contributed by atoms with van der Waals surface area (Å²) in [6.07, 6.45) is -0.0690. The van der Waals surface area contributed by atoms with Crippen molar-refractivity contribution in [2.45, 2.75) is 19.3 Å². The normalized spacial score (nSPS) is 11.9. The van der Waals surface area contributed by atoms with E-state index in [1.165, 1.54) is 0 Å². The molecule has 2 rings (SSSR count). The van der Waals surface area contributed by atoms with E-state index >= 15 is 0 Å². The average Bonchev–Trinajstić information content (AvgIpc) is 2.45. The quantitative estimate of drug-likeness (QED) is 0.846. The number of aliphatic carboxylic acids is 1. The highest BCUT2D eigenvalue weighted by Crippen LogP contribution is 2.24. The number of rotatable bonds is 5. The molecule has 0 saturated carbocycles. The van der Waals surface area contributed by atoms with E-state index in [9.17, 15) is 14.7 Å². The molecule has 2 aromatic carbocycles. The minimum Gasteiger partial charge on any atom is -0.481 e. The summed E-state index contributed by atoms with van der Waals surface area (Å²) in [4.78, 5) is 23.7. The van der Waals surface area contributed by atoms with Gasteiger partial charge in [-0.05, 0) is 30.7 Å². The summed E-state index contributed by atoms with van der Waals surface area (Å²) in [5, 5.41) is 9.90. The van der Waals surface area contributed by atoms with Gasteiger partial charge >= 0.3 is 5.97 Å². The van der Waals surface area contributed by atoms with Gasteiger partial charge in [-0.2, -0.15) is 0 Å². The molecule has 3 nitrogen and oxygen atoms in total. The molecule has 0 spiro atoms. The van der Waals surface area contributed by atoms with Crippen molar-refractivity contribution in [1.29, 1.82) is 0 Å². The average molecular weight is 303 g/mol. The van der Waals surface area contributed by atoms with Crippen molar-refractivity contribution in [2.24, 2.45) is 0 Å². The molecule has 0 aromatic heterocycles. The number of carboxylic acids is 1. The Hall–Kier alpha value is -2.13. The molecular formula is C17H15ClO3. The number of carboxylic acid groups (broad SMARTS) is 1. The van der Waals surface area contributed by atoms with E-state index in [0.717, 1.165) is 5.56 Å². The molecule has 2 aromatic rings.